The monoisotopic (exact) mass is 408 g/mol. The van der Waals surface area contributed by atoms with E-state index in [0.717, 1.165) is 29.5 Å². The smallest absolute Gasteiger partial charge is 0.259 e. The van der Waals surface area contributed by atoms with Crippen LogP contribution in [-0.2, 0) is 10.0 Å². The fourth-order valence-corrected chi connectivity index (χ4v) is 5.58. The molecule has 1 unspecified atom stereocenters. The molecule has 0 aliphatic carbocycles. The number of rotatable bonds is 4. The zero-order valence-corrected chi connectivity index (χ0v) is 16.1. The average Bonchev–Trinajstić information content (AvgIpc) is 3.30. The van der Waals surface area contributed by atoms with Crippen molar-refractivity contribution in [3.63, 3.8) is 0 Å². The second-order valence-electron chi connectivity index (χ2n) is 6.30. The molecule has 7 nitrogen and oxygen atoms in total. The molecule has 142 valence electrons. The van der Waals surface area contributed by atoms with Gasteiger partial charge in [-0.25, -0.2) is 17.8 Å². The molecule has 3 heterocycles. The lowest BCUT2D eigenvalue weighted by molar-refractivity contribution is 0.220. The topological polar surface area (TPSA) is 89.2 Å². The van der Waals surface area contributed by atoms with Crippen molar-refractivity contribution in [2.24, 2.45) is 0 Å². The van der Waals surface area contributed by atoms with Crippen LogP contribution in [0.2, 0.25) is 0 Å². The molecular formula is C17H17FN4O3S2. The van der Waals surface area contributed by atoms with Gasteiger partial charge in [-0.05, 0) is 38.0 Å². The average molecular weight is 408 g/mol. The fraction of sp³-hybridized carbons (Fsp3) is 0.353. The van der Waals surface area contributed by atoms with Crippen LogP contribution in [0.25, 0.3) is 10.8 Å². The van der Waals surface area contributed by atoms with Crippen LogP contribution in [0.15, 0.2) is 39.1 Å². The molecule has 0 saturated carbocycles. The van der Waals surface area contributed by atoms with Crippen molar-refractivity contribution >= 4 is 21.4 Å². The molecule has 1 saturated heterocycles. The van der Waals surface area contributed by atoms with Gasteiger partial charge in [0.15, 0.2) is 0 Å². The number of halogens is 1. The lowest BCUT2D eigenvalue weighted by atomic mass is 10.1. The van der Waals surface area contributed by atoms with Crippen LogP contribution in [0, 0.1) is 12.7 Å². The van der Waals surface area contributed by atoms with E-state index in [2.05, 4.69) is 15.2 Å². The largest absolute Gasteiger partial charge is 0.418 e. The van der Waals surface area contributed by atoms with E-state index in [4.69, 9.17) is 4.42 Å². The number of benzene rings is 1. The molecule has 1 aromatic carbocycles. The molecule has 0 radical (unpaired) electrons. The summed E-state index contributed by atoms with van der Waals surface area (Å²) in [5.74, 6) is -0.0125. The highest BCUT2D eigenvalue weighted by molar-refractivity contribution is 7.89. The zero-order chi connectivity index (χ0) is 19.0. The number of hydrogen-bond donors (Lipinski definition) is 0. The maximum absolute atomic E-state index is 13.6. The zero-order valence-electron chi connectivity index (χ0n) is 14.5. The quantitative estimate of drug-likeness (QED) is 0.656. The van der Waals surface area contributed by atoms with E-state index in [0.29, 0.717) is 18.9 Å². The van der Waals surface area contributed by atoms with Crippen LogP contribution in [-0.4, -0.2) is 34.4 Å². The number of piperidine rings is 1. The standard InChI is InChI=1S/C17H17FN4O3S2/c1-11-15(26-10-19-11)17-21-20-16(25-17)14-7-2-3-8-22(14)27(23,24)13-6-4-5-12(18)9-13/h4-6,9-10,14H,2-3,7-8H2,1H3. The SMILES string of the molecule is Cc1ncsc1-c1nnc(C2CCCCN2S(=O)(=O)c2cccc(F)c2)o1. The predicted molar refractivity (Wildman–Crippen MR) is 97.0 cm³/mol. The minimum absolute atomic E-state index is 0.0764. The Morgan fingerprint density at radius 1 is 1.30 bits per heavy atom. The molecule has 1 fully saturated rings. The summed E-state index contributed by atoms with van der Waals surface area (Å²) in [5, 5.41) is 8.16. The third-order valence-corrected chi connectivity index (χ3v) is 7.34. The van der Waals surface area contributed by atoms with E-state index in [1.807, 2.05) is 6.92 Å². The molecule has 0 N–H and O–H groups in total. The summed E-state index contributed by atoms with van der Waals surface area (Å²) in [4.78, 5) is 4.86. The number of aromatic nitrogens is 3. The lowest BCUT2D eigenvalue weighted by Gasteiger charge is -2.32. The number of sulfonamides is 1. The molecule has 4 rings (SSSR count). The van der Waals surface area contributed by atoms with E-state index in [9.17, 15) is 12.8 Å². The fourth-order valence-electron chi connectivity index (χ4n) is 3.17. The van der Waals surface area contributed by atoms with Crippen molar-refractivity contribution in [2.45, 2.75) is 37.1 Å². The maximum Gasteiger partial charge on any atom is 0.259 e. The molecule has 1 aliphatic rings. The van der Waals surface area contributed by atoms with Gasteiger partial charge >= 0.3 is 0 Å². The van der Waals surface area contributed by atoms with E-state index in [1.165, 1.54) is 33.8 Å². The van der Waals surface area contributed by atoms with Gasteiger partial charge < -0.3 is 4.42 Å². The molecule has 10 heteroatoms. The lowest BCUT2D eigenvalue weighted by Crippen LogP contribution is -2.38. The summed E-state index contributed by atoms with van der Waals surface area (Å²) in [6, 6.07) is 4.46. The van der Waals surface area contributed by atoms with Gasteiger partial charge in [0, 0.05) is 6.54 Å². The van der Waals surface area contributed by atoms with Gasteiger partial charge in [0.05, 0.1) is 16.1 Å². The molecule has 0 spiro atoms. The van der Waals surface area contributed by atoms with Crippen molar-refractivity contribution in [3.05, 3.63) is 47.2 Å². The Bertz CT molecular complexity index is 1060. The third kappa shape index (κ3) is 3.40. The Labute approximate surface area is 159 Å². The van der Waals surface area contributed by atoms with Crippen molar-refractivity contribution in [2.75, 3.05) is 6.54 Å². The molecule has 3 aromatic rings. The molecule has 1 atom stereocenters. The van der Waals surface area contributed by atoms with Crippen molar-refractivity contribution in [3.8, 4) is 10.8 Å². The Balaban J connectivity index is 1.69. The Hall–Kier alpha value is -2.17. The van der Waals surface area contributed by atoms with Crippen molar-refractivity contribution in [1.82, 2.24) is 19.5 Å². The first kappa shape index (κ1) is 18.2. The highest BCUT2D eigenvalue weighted by Crippen LogP contribution is 2.36. The van der Waals surface area contributed by atoms with Crippen LogP contribution in [0.1, 0.15) is 36.9 Å². The second-order valence-corrected chi connectivity index (χ2v) is 9.04. The normalized spacial score (nSPS) is 18.7. The number of nitrogens with zero attached hydrogens (tertiary/aromatic N) is 4. The molecule has 2 aromatic heterocycles. The van der Waals surface area contributed by atoms with E-state index < -0.39 is 21.9 Å². The Morgan fingerprint density at radius 3 is 2.89 bits per heavy atom. The van der Waals surface area contributed by atoms with Crippen LogP contribution >= 0.6 is 11.3 Å². The number of hydrogen-bond acceptors (Lipinski definition) is 7. The Morgan fingerprint density at radius 2 is 2.15 bits per heavy atom. The second kappa shape index (κ2) is 7.10. The summed E-state index contributed by atoms with van der Waals surface area (Å²) in [6.07, 6.45) is 2.13. The highest BCUT2D eigenvalue weighted by atomic mass is 32.2. The van der Waals surface area contributed by atoms with Gasteiger partial charge in [0.25, 0.3) is 5.89 Å². The minimum atomic E-state index is -3.88. The van der Waals surface area contributed by atoms with Crippen LogP contribution in [0.3, 0.4) is 0 Å². The van der Waals surface area contributed by atoms with Crippen molar-refractivity contribution < 1.29 is 17.2 Å². The molecule has 0 bridgehead atoms. The van der Waals surface area contributed by atoms with Gasteiger partial charge in [0.2, 0.25) is 15.9 Å². The molecule has 1 aliphatic heterocycles. The highest BCUT2D eigenvalue weighted by Gasteiger charge is 2.37. The van der Waals surface area contributed by atoms with E-state index in [1.54, 1.807) is 5.51 Å². The summed E-state index contributed by atoms with van der Waals surface area (Å²) >= 11 is 1.39. The van der Waals surface area contributed by atoms with Gasteiger partial charge in [-0.1, -0.05) is 12.5 Å². The predicted octanol–water partition coefficient (Wildman–Crippen LogP) is 3.56. The minimum Gasteiger partial charge on any atom is -0.418 e. The summed E-state index contributed by atoms with van der Waals surface area (Å²) < 4.78 is 46.8. The first-order chi connectivity index (χ1) is 13.0. The first-order valence-electron chi connectivity index (χ1n) is 8.48. The molecule has 0 amide bonds. The summed E-state index contributed by atoms with van der Waals surface area (Å²) in [7, 11) is -3.88. The van der Waals surface area contributed by atoms with Crippen LogP contribution < -0.4 is 0 Å². The van der Waals surface area contributed by atoms with Crippen molar-refractivity contribution in [1.29, 1.82) is 0 Å². The maximum atomic E-state index is 13.6. The van der Waals surface area contributed by atoms with Gasteiger partial charge in [0.1, 0.15) is 16.7 Å². The van der Waals surface area contributed by atoms with Crippen LogP contribution in [0.4, 0.5) is 4.39 Å². The molecule has 27 heavy (non-hydrogen) atoms. The summed E-state index contributed by atoms with van der Waals surface area (Å²) in [6.45, 7) is 2.16. The Kier molecular flexibility index (Phi) is 4.79. The first-order valence-corrected chi connectivity index (χ1v) is 10.8. The number of aryl methyl sites for hydroxylation is 1. The molecular weight excluding hydrogens is 391 g/mol. The van der Waals surface area contributed by atoms with E-state index >= 15 is 0 Å². The van der Waals surface area contributed by atoms with Gasteiger partial charge in [-0.3, -0.25) is 0 Å². The number of thiazole rings is 1. The summed E-state index contributed by atoms with van der Waals surface area (Å²) in [5.41, 5.74) is 2.47. The van der Waals surface area contributed by atoms with Gasteiger partial charge in [-0.15, -0.1) is 21.5 Å². The van der Waals surface area contributed by atoms with Crippen LogP contribution in [0.5, 0.6) is 0 Å². The van der Waals surface area contributed by atoms with E-state index in [-0.39, 0.29) is 10.8 Å². The van der Waals surface area contributed by atoms with Gasteiger partial charge in [-0.2, -0.15) is 4.31 Å². The third-order valence-electron chi connectivity index (χ3n) is 4.52.